The number of rotatable bonds is 2. The zero-order valence-corrected chi connectivity index (χ0v) is 24.0. The Bertz CT molecular complexity index is 2810. The first-order valence-corrected chi connectivity index (χ1v) is 15.6. The molecule has 2 nitrogen and oxygen atoms in total. The molecule has 0 fully saturated rings. The molecule has 0 N–H and O–H groups in total. The van der Waals surface area contributed by atoms with Gasteiger partial charge in [-0.2, -0.15) is 0 Å². The van der Waals surface area contributed by atoms with Crippen LogP contribution < -0.4 is 0 Å². The van der Waals surface area contributed by atoms with Crippen LogP contribution in [0.1, 0.15) is 23.2 Å². The molecule has 0 aliphatic heterocycles. The van der Waals surface area contributed by atoms with Gasteiger partial charge in [-0.25, -0.2) is 0 Å². The number of hydrogen-bond donors (Lipinski definition) is 0. The summed E-state index contributed by atoms with van der Waals surface area (Å²) in [5, 5.41) is 9.42. The summed E-state index contributed by atoms with van der Waals surface area (Å²) < 4.78 is 5.00. The van der Waals surface area contributed by atoms with Crippen molar-refractivity contribution in [2.24, 2.45) is 0 Å². The van der Waals surface area contributed by atoms with E-state index in [0.29, 0.717) is 0 Å². The number of allylic oxidation sites excluding steroid dienone is 1. The third-order valence-electron chi connectivity index (χ3n) is 10.3. The monoisotopic (exact) mass is 558 g/mol. The fourth-order valence-electron chi connectivity index (χ4n) is 8.42. The second-order valence-electron chi connectivity index (χ2n) is 12.5. The van der Waals surface area contributed by atoms with Gasteiger partial charge >= 0.3 is 0 Å². The van der Waals surface area contributed by atoms with Crippen molar-refractivity contribution in [3.8, 4) is 11.1 Å². The maximum Gasteiger partial charge on any atom is 0.0620 e. The van der Waals surface area contributed by atoms with Gasteiger partial charge in [0.2, 0.25) is 0 Å². The summed E-state index contributed by atoms with van der Waals surface area (Å²) in [6.07, 6.45) is 4.59. The van der Waals surface area contributed by atoms with Crippen molar-refractivity contribution in [3.63, 3.8) is 0 Å². The van der Waals surface area contributed by atoms with Crippen LogP contribution in [-0.4, -0.2) is 8.80 Å². The smallest absolute Gasteiger partial charge is 0.0620 e. The molecule has 2 heteroatoms. The molecular formula is C42H26N2. The molecule has 6 aromatic carbocycles. The molecule has 11 rings (SSSR count). The summed E-state index contributed by atoms with van der Waals surface area (Å²) in [5.41, 5.74) is 14.7. The van der Waals surface area contributed by atoms with Gasteiger partial charge in [0.25, 0.3) is 0 Å². The second-order valence-corrected chi connectivity index (χ2v) is 12.5. The summed E-state index contributed by atoms with van der Waals surface area (Å²) in [6.45, 7) is 0. The lowest BCUT2D eigenvalue weighted by atomic mass is 9.90. The molecule has 0 bridgehead atoms. The van der Waals surface area contributed by atoms with E-state index >= 15 is 0 Å². The van der Waals surface area contributed by atoms with Gasteiger partial charge in [0.05, 0.1) is 33.3 Å². The molecule has 10 aromatic rings. The van der Waals surface area contributed by atoms with Gasteiger partial charge in [-0.3, -0.25) is 0 Å². The van der Waals surface area contributed by atoms with Crippen molar-refractivity contribution >= 4 is 76.9 Å². The molecule has 204 valence electrons. The lowest BCUT2D eigenvalue weighted by Crippen LogP contribution is -2.00. The predicted octanol–water partition coefficient (Wildman–Crippen LogP) is 11.0. The van der Waals surface area contributed by atoms with Crippen LogP contribution in [0.4, 0.5) is 0 Å². The summed E-state index contributed by atoms with van der Waals surface area (Å²) in [6, 6.07) is 47.3. The van der Waals surface area contributed by atoms with Crippen LogP contribution in [0, 0.1) is 0 Å². The SMILES string of the molecule is C1=C(c2ccc3c(c2)c2cccc4c5ccccc5n3c42)CCc2c1n1c3ccc(-c4ccccc4)cc3c3cccc2c31. The highest BCUT2D eigenvalue weighted by molar-refractivity contribution is 6.23. The average Bonchev–Trinajstić information content (AvgIpc) is 3.81. The number of hydrogen-bond acceptors (Lipinski definition) is 0. The van der Waals surface area contributed by atoms with Gasteiger partial charge in [-0.15, -0.1) is 0 Å². The van der Waals surface area contributed by atoms with Crippen molar-refractivity contribution < 1.29 is 0 Å². The zero-order chi connectivity index (χ0) is 28.5. The van der Waals surface area contributed by atoms with Gasteiger partial charge in [0.15, 0.2) is 0 Å². The van der Waals surface area contributed by atoms with Crippen LogP contribution >= 0.6 is 0 Å². The average molecular weight is 559 g/mol. The van der Waals surface area contributed by atoms with E-state index in [9.17, 15) is 0 Å². The second kappa shape index (κ2) is 8.06. The molecule has 0 amide bonds. The van der Waals surface area contributed by atoms with Crippen LogP contribution in [-0.2, 0) is 6.42 Å². The third kappa shape index (κ3) is 2.77. The van der Waals surface area contributed by atoms with E-state index in [2.05, 4.69) is 142 Å². The molecule has 0 radical (unpaired) electrons. The minimum absolute atomic E-state index is 1.05. The van der Waals surface area contributed by atoms with E-state index in [-0.39, 0.29) is 0 Å². The van der Waals surface area contributed by atoms with Gasteiger partial charge < -0.3 is 8.80 Å². The van der Waals surface area contributed by atoms with Crippen molar-refractivity contribution in [2.75, 3.05) is 0 Å². The molecule has 0 saturated carbocycles. The molecule has 4 aromatic heterocycles. The maximum atomic E-state index is 2.54. The van der Waals surface area contributed by atoms with Crippen molar-refractivity contribution in [1.29, 1.82) is 0 Å². The Morgan fingerprint density at radius 1 is 0.386 bits per heavy atom. The Kier molecular flexibility index (Phi) is 4.20. The molecule has 4 heterocycles. The van der Waals surface area contributed by atoms with Crippen LogP contribution in [0.2, 0.25) is 0 Å². The largest absolute Gasteiger partial charge is 0.308 e. The summed E-state index contributed by atoms with van der Waals surface area (Å²) >= 11 is 0. The van der Waals surface area contributed by atoms with E-state index in [0.717, 1.165) is 12.8 Å². The maximum absolute atomic E-state index is 2.54. The Hall–Kier alpha value is -5.60. The Morgan fingerprint density at radius 2 is 0.977 bits per heavy atom. The summed E-state index contributed by atoms with van der Waals surface area (Å²) in [7, 11) is 0. The number of para-hydroxylation sites is 3. The standard InChI is InChI=1S/C42H26N2/c1-2-8-25(9-3-1)26-17-20-39-35(22-26)34-14-7-12-32-30-19-16-28(24-40(30)44(39)42(32)34)27-18-21-38-36(23-27)33-13-6-11-31-29-10-4-5-15-37(29)43(38)41(31)33/h1-15,17-18,20-24H,16,19H2. The highest BCUT2D eigenvalue weighted by atomic mass is 14.9. The molecule has 0 atom stereocenters. The summed E-state index contributed by atoms with van der Waals surface area (Å²) in [5.74, 6) is 0. The highest BCUT2D eigenvalue weighted by Gasteiger charge is 2.25. The molecule has 0 spiro atoms. The van der Waals surface area contributed by atoms with Gasteiger partial charge in [-0.05, 0) is 77.1 Å². The van der Waals surface area contributed by atoms with Crippen LogP contribution in [0.3, 0.4) is 0 Å². The molecular weight excluding hydrogens is 532 g/mol. The van der Waals surface area contributed by atoms with Crippen LogP contribution in [0.15, 0.2) is 127 Å². The van der Waals surface area contributed by atoms with E-state index in [4.69, 9.17) is 0 Å². The molecule has 0 unspecified atom stereocenters. The minimum Gasteiger partial charge on any atom is -0.308 e. The third-order valence-corrected chi connectivity index (χ3v) is 10.3. The number of fused-ring (bicyclic) bond motifs is 12. The molecule has 1 aliphatic rings. The van der Waals surface area contributed by atoms with Crippen molar-refractivity contribution in [3.05, 3.63) is 144 Å². The first-order chi connectivity index (χ1) is 21.8. The fraction of sp³-hybridized carbons (Fsp3) is 0.0476. The lowest BCUT2D eigenvalue weighted by Gasteiger charge is -2.16. The van der Waals surface area contributed by atoms with Crippen LogP contribution in [0.5, 0.6) is 0 Å². The lowest BCUT2D eigenvalue weighted by molar-refractivity contribution is 1.000. The molecule has 1 aliphatic carbocycles. The van der Waals surface area contributed by atoms with Crippen LogP contribution in [0.25, 0.3) is 88.1 Å². The molecule has 44 heavy (non-hydrogen) atoms. The minimum atomic E-state index is 1.05. The number of aromatic nitrogens is 2. The number of benzene rings is 6. The fourth-order valence-corrected chi connectivity index (χ4v) is 8.42. The van der Waals surface area contributed by atoms with E-state index in [1.165, 1.54) is 98.8 Å². The predicted molar refractivity (Wildman–Crippen MR) is 186 cm³/mol. The normalized spacial score (nSPS) is 13.9. The van der Waals surface area contributed by atoms with E-state index in [1.807, 2.05) is 0 Å². The number of nitrogens with zero attached hydrogens (tertiary/aromatic N) is 2. The van der Waals surface area contributed by atoms with Gasteiger partial charge in [0, 0.05) is 37.7 Å². The topological polar surface area (TPSA) is 8.82 Å². The zero-order valence-electron chi connectivity index (χ0n) is 24.0. The highest BCUT2D eigenvalue weighted by Crippen LogP contribution is 2.44. The Balaban J connectivity index is 1.14. The Labute approximate surface area is 253 Å². The van der Waals surface area contributed by atoms with Crippen molar-refractivity contribution in [1.82, 2.24) is 8.80 Å². The summed E-state index contributed by atoms with van der Waals surface area (Å²) in [4.78, 5) is 0. The van der Waals surface area contributed by atoms with Gasteiger partial charge in [-0.1, -0.05) is 97.1 Å². The Morgan fingerprint density at radius 3 is 1.80 bits per heavy atom. The van der Waals surface area contributed by atoms with E-state index in [1.54, 1.807) is 0 Å². The first kappa shape index (κ1) is 22.9. The van der Waals surface area contributed by atoms with Crippen molar-refractivity contribution in [2.45, 2.75) is 12.8 Å². The van der Waals surface area contributed by atoms with E-state index < -0.39 is 0 Å². The quantitative estimate of drug-likeness (QED) is 0.200. The molecule has 0 saturated heterocycles. The number of aryl methyl sites for hydroxylation is 1. The first-order valence-electron chi connectivity index (χ1n) is 15.6. The van der Waals surface area contributed by atoms with Gasteiger partial charge in [0.1, 0.15) is 0 Å².